The lowest BCUT2D eigenvalue weighted by Crippen LogP contribution is -2.42. The highest BCUT2D eigenvalue weighted by Crippen LogP contribution is 2.19. The largest absolute Gasteiger partial charge is 0.391 e. The number of carbonyl (C=O) groups excluding carboxylic acids is 2. The van der Waals surface area contributed by atoms with Crippen LogP contribution >= 0.6 is 0 Å². The molecule has 7 heteroatoms. The molecule has 0 radical (unpaired) electrons. The first-order valence-corrected chi connectivity index (χ1v) is 12.6. The molecule has 0 aromatic heterocycles. The minimum Gasteiger partial charge on any atom is -0.391 e. The first-order chi connectivity index (χ1) is 11.8. The number of carbonyl (C=O) groups is 2. The Labute approximate surface area is 159 Å². The maximum absolute atomic E-state index is 12.5. The summed E-state index contributed by atoms with van der Waals surface area (Å²) in [5, 5.41) is 0. The lowest BCUT2D eigenvalue weighted by atomic mass is 9.97. The molecule has 0 amide bonds. The van der Waals surface area contributed by atoms with Crippen molar-refractivity contribution in [3.05, 3.63) is 12.2 Å². The van der Waals surface area contributed by atoms with Crippen LogP contribution in [0, 0.1) is 5.41 Å². The van der Waals surface area contributed by atoms with Crippen LogP contribution in [0.4, 0.5) is 0 Å². The molecule has 0 saturated heterocycles. The molecule has 0 bridgehead atoms. The van der Waals surface area contributed by atoms with Crippen LogP contribution in [-0.2, 0) is 28.5 Å². The van der Waals surface area contributed by atoms with E-state index in [1.165, 1.54) is 7.11 Å². The number of hydrogen-bond donors (Lipinski definition) is 0. The van der Waals surface area contributed by atoms with E-state index in [4.69, 9.17) is 18.9 Å². The Kier molecular flexibility index (Phi) is 10.5. The van der Waals surface area contributed by atoms with Gasteiger partial charge in [0.25, 0.3) is 0 Å². The van der Waals surface area contributed by atoms with Crippen LogP contribution in [0.15, 0.2) is 12.2 Å². The Morgan fingerprint density at radius 1 is 1.15 bits per heavy atom. The van der Waals surface area contributed by atoms with Gasteiger partial charge in [0.15, 0.2) is 6.10 Å². The summed E-state index contributed by atoms with van der Waals surface area (Å²) in [6.45, 7) is 18.0. The molecule has 152 valence electrons. The van der Waals surface area contributed by atoms with Crippen LogP contribution in [-0.4, -0.2) is 52.7 Å². The third-order valence-corrected chi connectivity index (χ3v) is 5.26. The van der Waals surface area contributed by atoms with Crippen LogP contribution in [0.2, 0.25) is 25.7 Å². The minimum atomic E-state index is -1.20. The smallest absolute Gasteiger partial charge is 0.345 e. The van der Waals surface area contributed by atoms with Crippen molar-refractivity contribution in [3.63, 3.8) is 0 Å². The zero-order valence-electron chi connectivity index (χ0n) is 17.6. The number of hydrogen-bond acceptors (Lipinski definition) is 6. The van der Waals surface area contributed by atoms with Crippen LogP contribution in [0.3, 0.4) is 0 Å². The third kappa shape index (κ3) is 10.9. The maximum Gasteiger partial charge on any atom is 0.345 e. The van der Waals surface area contributed by atoms with E-state index in [0.29, 0.717) is 13.0 Å². The minimum absolute atomic E-state index is 0.0655. The predicted octanol–water partition coefficient (Wildman–Crippen LogP) is 3.78. The summed E-state index contributed by atoms with van der Waals surface area (Å²) in [5.74, 6) is -1.38. The first kappa shape index (κ1) is 25.0. The van der Waals surface area contributed by atoms with E-state index in [0.717, 1.165) is 11.6 Å². The molecule has 26 heavy (non-hydrogen) atoms. The fourth-order valence-electron chi connectivity index (χ4n) is 1.85. The van der Waals surface area contributed by atoms with E-state index in [9.17, 15) is 9.59 Å². The Hall–Kier alpha value is -1.02. The molecule has 0 saturated carbocycles. The van der Waals surface area contributed by atoms with E-state index in [2.05, 4.69) is 26.2 Å². The van der Waals surface area contributed by atoms with Gasteiger partial charge in [-0.1, -0.05) is 25.2 Å². The van der Waals surface area contributed by atoms with Gasteiger partial charge < -0.3 is 18.9 Å². The van der Waals surface area contributed by atoms with Gasteiger partial charge in [-0.25, -0.2) is 4.79 Å². The Morgan fingerprint density at radius 2 is 1.73 bits per heavy atom. The fraction of sp³-hybridized carbons (Fsp3) is 0.789. The SMILES string of the molecule is C=C(C)C[C@H](OC)[C@H](OCOCC[Si](C)(C)C)C(=O)OC(=O)C(C)(C)C. The molecule has 0 aliphatic heterocycles. The van der Waals surface area contributed by atoms with Crippen molar-refractivity contribution in [2.24, 2.45) is 5.41 Å². The van der Waals surface area contributed by atoms with Crippen LogP contribution in [0.25, 0.3) is 0 Å². The molecule has 0 aliphatic carbocycles. The molecule has 0 aliphatic rings. The van der Waals surface area contributed by atoms with E-state index in [-0.39, 0.29) is 6.79 Å². The molecule has 0 spiro atoms. The fourth-order valence-corrected chi connectivity index (χ4v) is 2.60. The Balaban J connectivity index is 4.91. The van der Waals surface area contributed by atoms with E-state index in [1.807, 2.05) is 6.92 Å². The Morgan fingerprint density at radius 3 is 2.15 bits per heavy atom. The van der Waals surface area contributed by atoms with E-state index >= 15 is 0 Å². The zero-order chi connectivity index (χ0) is 20.5. The van der Waals surface area contributed by atoms with Crippen LogP contribution in [0.1, 0.15) is 34.1 Å². The second-order valence-corrected chi connectivity index (χ2v) is 14.4. The highest BCUT2D eigenvalue weighted by atomic mass is 28.3. The standard InChI is InChI=1S/C19H36O6Si/c1-14(2)12-15(22-6)16(17(20)25-18(21)19(3,4)5)24-13-23-10-11-26(7,8)9/h15-16H,1,10-13H2,2-9H3/t15-,16-/m0/s1. The molecular weight excluding hydrogens is 352 g/mol. The average Bonchev–Trinajstić information content (AvgIpc) is 2.46. The topological polar surface area (TPSA) is 71.1 Å². The molecule has 6 nitrogen and oxygen atoms in total. The van der Waals surface area contributed by atoms with Gasteiger partial charge in [-0.2, -0.15) is 0 Å². The summed E-state index contributed by atoms with van der Waals surface area (Å²) in [4.78, 5) is 24.5. The number of ether oxygens (including phenoxy) is 4. The second kappa shape index (κ2) is 11.0. The lowest BCUT2D eigenvalue weighted by molar-refractivity contribution is -0.188. The Bertz CT molecular complexity index is 475. The summed E-state index contributed by atoms with van der Waals surface area (Å²) >= 11 is 0. The van der Waals surface area contributed by atoms with Crippen molar-refractivity contribution in [2.45, 2.75) is 72.0 Å². The number of methoxy groups -OCH3 is 1. The lowest BCUT2D eigenvalue weighted by Gasteiger charge is -2.26. The average molecular weight is 389 g/mol. The third-order valence-electron chi connectivity index (χ3n) is 3.56. The molecular formula is C19H36O6Si. The summed E-state index contributed by atoms with van der Waals surface area (Å²) in [5.41, 5.74) is 0.0466. The van der Waals surface area contributed by atoms with Gasteiger partial charge in [-0.05, 0) is 40.2 Å². The molecule has 0 heterocycles. The van der Waals surface area contributed by atoms with E-state index in [1.54, 1.807) is 20.8 Å². The zero-order valence-corrected chi connectivity index (χ0v) is 18.6. The molecule has 0 unspecified atom stereocenters. The van der Waals surface area contributed by atoms with Crippen molar-refractivity contribution in [3.8, 4) is 0 Å². The molecule has 0 N–H and O–H groups in total. The second-order valence-electron chi connectivity index (χ2n) is 8.82. The summed E-state index contributed by atoms with van der Waals surface area (Å²) < 4.78 is 21.5. The predicted molar refractivity (Wildman–Crippen MR) is 105 cm³/mol. The molecule has 0 fully saturated rings. The van der Waals surface area contributed by atoms with Gasteiger partial charge in [0.1, 0.15) is 6.79 Å². The first-order valence-electron chi connectivity index (χ1n) is 8.90. The summed E-state index contributed by atoms with van der Waals surface area (Å²) in [6, 6.07) is 0.994. The van der Waals surface area contributed by atoms with E-state index < -0.39 is 37.6 Å². The summed E-state index contributed by atoms with van der Waals surface area (Å²) in [7, 11) is 0.278. The van der Waals surface area contributed by atoms with Crippen molar-refractivity contribution < 1.29 is 28.5 Å². The van der Waals surface area contributed by atoms with Crippen LogP contribution < -0.4 is 0 Å². The maximum atomic E-state index is 12.5. The van der Waals surface area contributed by atoms with Crippen molar-refractivity contribution in [2.75, 3.05) is 20.5 Å². The van der Waals surface area contributed by atoms with Crippen molar-refractivity contribution in [1.29, 1.82) is 0 Å². The quantitative estimate of drug-likeness (QED) is 0.134. The molecule has 2 atom stereocenters. The van der Waals surface area contributed by atoms with Gasteiger partial charge >= 0.3 is 11.9 Å². The highest BCUT2D eigenvalue weighted by Gasteiger charge is 2.35. The van der Waals surface area contributed by atoms with Gasteiger partial charge in [0.05, 0.1) is 11.5 Å². The number of rotatable bonds is 11. The molecule has 0 rings (SSSR count). The van der Waals surface area contributed by atoms with Crippen LogP contribution in [0.5, 0.6) is 0 Å². The van der Waals surface area contributed by atoms with Gasteiger partial charge in [-0.3, -0.25) is 4.79 Å². The molecule has 0 aromatic carbocycles. The normalized spacial score (nSPS) is 14.6. The van der Waals surface area contributed by atoms with Crippen molar-refractivity contribution in [1.82, 2.24) is 0 Å². The van der Waals surface area contributed by atoms with Gasteiger partial charge in [0.2, 0.25) is 0 Å². The molecule has 0 aromatic rings. The highest BCUT2D eigenvalue weighted by molar-refractivity contribution is 6.76. The van der Waals surface area contributed by atoms with Gasteiger partial charge in [0, 0.05) is 21.8 Å². The number of esters is 2. The monoisotopic (exact) mass is 388 g/mol. The summed E-state index contributed by atoms with van der Waals surface area (Å²) in [6.07, 6.45) is -1.25. The van der Waals surface area contributed by atoms with Gasteiger partial charge in [-0.15, -0.1) is 6.58 Å². The van der Waals surface area contributed by atoms with Crippen molar-refractivity contribution >= 4 is 20.0 Å².